The topological polar surface area (TPSA) is 92.8 Å². The molecule has 2 aromatic carbocycles. The summed E-state index contributed by atoms with van der Waals surface area (Å²) in [7, 11) is 0. The maximum Gasteiger partial charge on any atom is 0.311 e. The minimum absolute atomic E-state index is 0.0124. The highest BCUT2D eigenvalue weighted by Gasteiger charge is 2.36. The molecule has 8 heteroatoms. The fraction of sp³-hybridized carbons (Fsp3) is 0.273. The number of aryl methyl sites for hydroxylation is 1. The number of Topliss-reactive ketones (excluding diaryl/α,β-unsaturated/α-hetero) is 1. The van der Waals surface area contributed by atoms with Gasteiger partial charge in [-0.3, -0.25) is 19.2 Å². The van der Waals surface area contributed by atoms with Gasteiger partial charge in [0.15, 0.2) is 12.4 Å². The zero-order valence-corrected chi connectivity index (χ0v) is 17.4. The highest BCUT2D eigenvalue weighted by Crippen LogP contribution is 2.29. The summed E-state index contributed by atoms with van der Waals surface area (Å²) in [5, 5.41) is 3.13. The number of ketones is 1. The summed E-state index contributed by atoms with van der Waals surface area (Å²) in [6.07, 6.45) is 0.0124. The van der Waals surface area contributed by atoms with Crippen molar-refractivity contribution in [2.45, 2.75) is 20.3 Å². The van der Waals surface area contributed by atoms with E-state index in [2.05, 4.69) is 5.32 Å². The Hall–Kier alpha value is -3.19. The van der Waals surface area contributed by atoms with Crippen LogP contribution in [0.3, 0.4) is 0 Å². The molecule has 1 saturated heterocycles. The van der Waals surface area contributed by atoms with Gasteiger partial charge in [0.25, 0.3) is 5.91 Å². The number of carbonyl (C=O) groups excluding carboxylic acids is 4. The van der Waals surface area contributed by atoms with Gasteiger partial charge < -0.3 is 15.0 Å². The van der Waals surface area contributed by atoms with Crippen molar-refractivity contribution in [1.29, 1.82) is 0 Å². The van der Waals surface area contributed by atoms with Gasteiger partial charge in [-0.05, 0) is 55.8 Å². The Kier molecular flexibility index (Phi) is 6.52. The predicted octanol–water partition coefficient (Wildman–Crippen LogP) is 3.39. The second-order valence-corrected chi connectivity index (χ2v) is 7.54. The second kappa shape index (κ2) is 9.09. The summed E-state index contributed by atoms with van der Waals surface area (Å²) < 4.78 is 5.09. The van der Waals surface area contributed by atoms with Crippen LogP contribution in [-0.4, -0.2) is 36.7 Å². The van der Waals surface area contributed by atoms with Gasteiger partial charge in [0, 0.05) is 34.9 Å². The number of nitrogens with zero attached hydrogens (tertiary/aromatic N) is 1. The van der Waals surface area contributed by atoms with Crippen molar-refractivity contribution in [2.75, 3.05) is 23.4 Å². The molecule has 0 saturated carbocycles. The van der Waals surface area contributed by atoms with Gasteiger partial charge in [0.1, 0.15) is 0 Å². The number of hydrogen-bond acceptors (Lipinski definition) is 5. The Bertz CT molecular complexity index is 1000. The van der Waals surface area contributed by atoms with Gasteiger partial charge in [-0.1, -0.05) is 17.7 Å². The van der Waals surface area contributed by atoms with E-state index in [9.17, 15) is 19.2 Å². The van der Waals surface area contributed by atoms with E-state index in [0.29, 0.717) is 22.0 Å². The quantitative estimate of drug-likeness (QED) is 0.562. The molecule has 0 aromatic heterocycles. The Balaban J connectivity index is 1.52. The summed E-state index contributed by atoms with van der Waals surface area (Å²) in [5.41, 5.74) is 2.53. The van der Waals surface area contributed by atoms with Crippen LogP contribution in [-0.2, 0) is 19.1 Å². The Morgan fingerprint density at radius 3 is 2.50 bits per heavy atom. The van der Waals surface area contributed by atoms with Gasteiger partial charge in [-0.25, -0.2) is 0 Å². The minimum Gasteiger partial charge on any atom is -0.455 e. The number of carbonyl (C=O) groups is 4. The van der Waals surface area contributed by atoms with Gasteiger partial charge in [-0.2, -0.15) is 0 Å². The van der Waals surface area contributed by atoms with Crippen molar-refractivity contribution in [1.82, 2.24) is 0 Å². The molecule has 2 amide bonds. The second-order valence-electron chi connectivity index (χ2n) is 7.13. The molecular weight excluding hydrogens is 408 g/mol. The molecule has 1 fully saturated rings. The van der Waals surface area contributed by atoms with Crippen LogP contribution in [0, 0.1) is 12.8 Å². The van der Waals surface area contributed by atoms with Crippen LogP contribution in [0.25, 0.3) is 0 Å². The molecule has 0 aliphatic carbocycles. The molecule has 1 N–H and O–H groups in total. The summed E-state index contributed by atoms with van der Waals surface area (Å²) in [6, 6.07) is 11.7. The van der Waals surface area contributed by atoms with Crippen molar-refractivity contribution in [3.63, 3.8) is 0 Å². The standard InChI is InChI=1S/C22H21ClN2O5/c1-13-3-8-18(10-19(13)23)25-11-16(9-21(25)28)22(29)30-12-20(27)24-17-6-4-15(5-7-17)14(2)26/h3-8,10,16H,9,11-12H2,1-2H3,(H,24,27)/t16-/m1/s1. The summed E-state index contributed by atoms with van der Waals surface area (Å²) in [6.45, 7) is 3.02. The third kappa shape index (κ3) is 5.04. The SMILES string of the molecule is CC(=O)c1ccc(NC(=O)COC(=O)[C@@H]2CC(=O)N(c3ccc(C)c(Cl)c3)C2)cc1. The molecule has 1 atom stereocenters. The van der Waals surface area contributed by atoms with Crippen molar-refractivity contribution in [2.24, 2.45) is 5.92 Å². The first-order chi connectivity index (χ1) is 14.2. The normalized spacial score (nSPS) is 15.8. The molecule has 7 nitrogen and oxygen atoms in total. The number of halogens is 1. The van der Waals surface area contributed by atoms with Crippen LogP contribution < -0.4 is 10.2 Å². The Morgan fingerprint density at radius 1 is 1.17 bits per heavy atom. The number of anilines is 2. The van der Waals surface area contributed by atoms with E-state index < -0.39 is 24.4 Å². The van der Waals surface area contributed by atoms with Crippen LogP contribution >= 0.6 is 11.6 Å². The monoisotopic (exact) mass is 428 g/mol. The summed E-state index contributed by atoms with van der Waals surface area (Å²) in [5.74, 6) is -2.04. The zero-order valence-electron chi connectivity index (χ0n) is 16.6. The van der Waals surface area contributed by atoms with Gasteiger partial charge in [0.05, 0.1) is 5.92 Å². The molecular formula is C22H21ClN2O5. The maximum absolute atomic E-state index is 12.3. The molecule has 0 radical (unpaired) electrons. The molecule has 1 heterocycles. The Labute approximate surface area is 179 Å². The van der Waals surface area contributed by atoms with Crippen LogP contribution in [0.2, 0.25) is 5.02 Å². The number of esters is 1. The van der Waals surface area contributed by atoms with Gasteiger partial charge in [-0.15, -0.1) is 0 Å². The van der Waals surface area contributed by atoms with E-state index in [1.54, 1.807) is 36.4 Å². The number of amides is 2. The molecule has 1 aliphatic heterocycles. The van der Waals surface area contributed by atoms with Crippen LogP contribution in [0.1, 0.15) is 29.3 Å². The van der Waals surface area contributed by atoms with Crippen LogP contribution in [0.4, 0.5) is 11.4 Å². The third-order valence-electron chi connectivity index (χ3n) is 4.85. The predicted molar refractivity (Wildman–Crippen MR) is 113 cm³/mol. The summed E-state index contributed by atoms with van der Waals surface area (Å²) >= 11 is 6.12. The largest absolute Gasteiger partial charge is 0.455 e. The highest BCUT2D eigenvalue weighted by atomic mass is 35.5. The Morgan fingerprint density at radius 2 is 1.87 bits per heavy atom. The number of benzene rings is 2. The van der Waals surface area contributed by atoms with Gasteiger partial charge >= 0.3 is 5.97 Å². The molecule has 1 aliphatic rings. The maximum atomic E-state index is 12.3. The highest BCUT2D eigenvalue weighted by molar-refractivity contribution is 6.31. The number of hydrogen-bond donors (Lipinski definition) is 1. The smallest absolute Gasteiger partial charge is 0.311 e. The van der Waals surface area contributed by atoms with Crippen LogP contribution in [0.15, 0.2) is 42.5 Å². The van der Waals surface area contributed by atoms with E-state index in [-0.39, 0.29) is 24.7 Å². The lowest BCUT2D eigenvalue weighted by molar-refractivity contribution is -0.151. The van der Waals surface area contributed by atoms with Crippen molar-refractivity contribution < 1.29 is 23.9 Å². The number of rotatable bonds is 6. The van der Waals surface area contributed by atoms with Crippen molar-refractivity contribution in [3.8, 4) is 0 Å². The lowest BCUT2D eigenvalue weighted by Crippen LogP contribution is -2.28. The molecule has 30 heavy (non-hydrogen) atoms. The fourth-order valence-corrected chi connectivity index (χ4v) is 3.28. The fourth-order valence-electron chi connectivity index (χ4n) is 3.10. The average molecular weight is 429 g/mol. The minimum atomic E-state index is -0.653. The molecule has 2 aromatic rings. The van der Waals surface area contributed by atoms with Crippen molar-refractivity contribution >= 4 is 46.5 Å². The lowest BCUT2D eigenvalue weighted by Gasteiger charge is -2.17. The van der Waals surface area contributed by atoms with Crippen molar-refractivity contribution in [3.05, 3.63) is 58.6 Å². The average Bonchev–Trinajstić information content (AvgIpc) is 3.10. The molecule has 0 unspecified atom stereocenters. The van der Waals surface area contributed by atoms with Crippen LogP contribution in [0.5, 0.6) is 0 Å². The van der Waals surface area contributed by atoms with E-state index in [1.807, 2.05) is 13.0 Å². The first kappa shape index (κ1) is 21.5. The first-order valence-electron chi connectivity index (χ1n) is 9.38. The molecule has 0 spiro atoms. The molecule has 3 rings (SSSR count). The van der Waals surface area contributed by atoms with Gasteiger partial charge in [0.2, 0.25) is 5.91 Å². The lowest BCUT2D eigenvalue weighted by atomic mass is 10.1. The zero-order chi connectivity index (χ0) is 21.8. The molecule has 156 valence electrons. The van der Waals surface area contributed by atoms with E-state index in [1.165, 1.54) is 11.8 Å². The van der Waals surface area contributed by atoms with E-state index in [0.717, 1.165) is 5.56 Å². The van der Waals surface area contributed by atoms with E-state index in [4.69, 9.17) is 16.3 Å². The summed E-state index contributed by atoms with van der Waals surface area (Å²) in [4.78, 5) is 49.4. The number of ether oxygens (including phenoxy) is 1. The number of nitrogens with one attached hydrogen (secondary N) is 1. The first-order valence-corrected chi connectivity index (χ1v) is 9.76. The van der Waals surface area contributed by atoms with E-state index >= 15 is 0 Å². The molecule has 0 bridgehead atoms. The third-order valence-corrected chi connectivity index (χ3v) is 5.25.